The van der Waals surface area contributed by atoms with Gasteiger partial charge in [-0.05, 0) is 30.3 Å². The average molecular weight is 428 g/mol. The molecular formula is C21H19ClFN5O2. The van der Waals surface area contributed by atoms with Gasteiger partial charge in [0.1, 0.15) is 28.0 Å². The van der Waals surface area contributed by atoms with Crippen LogP contribution in [0.2, 0.25) is 5.15 Å². The van der Waals surface area contributed by atoms with Gasteiger partial charge in [-0.1, -0.05) is 11.6 Å². The van der Waals surface area contributed by atoms with E-state index in [2.05, 4.69) is 20.4 Å². The monoisotopic (exact) mass is 427 g/mol. The predicted octanol–water partition coefficient (Wildman–Crippen LogP) is 4.30. The Hall–Kier alpha value is -3.39. The van der Waals surface area contributed by atoms with E-state index in [9.17, 15) is 4.39 Å². The molecule has 0 spiro atoms. The van der Waals surface area contributed by atoms with Gasteiger partial charge in [-0.2, -0.15) is 5.10 Å². The second kappa shape index (κ2) is 8.54. The lowest BCUT2D eigenvalue weighted by molar-refractivity contribution is 0.391. The maximum atomic E-state index is 14.0. The Labute approximate surface area is 177 Å². The Balaban J connectivity index is 1.62. The number of nitrogens with one attached hydrogen (secondary N) is 1. The first-order valence-electron chi connectivity index (χ1n) is 9.16. The highest BCUT2D eigenvalue weighted by molar-refractivity contribution is 6.34. The number of rotatable bonds is 7. The van der Waals surface area contributed by atoms with E-state index in [4.69, 9.17) is 21.1 Å². The van der Waals surface area contributed by atoms with Crippen LogP contribution in [0.3, 0.4) is 0 Å². The molecule has 7 nitrogen and oxygen atoms in total. The molecule has 0 aliphatic heterocycles. The fourth-order valence-corrected chi connectivity index (χ4v) is 3.36. The van der Waals surface area contributed by atoms with Crippen molar-refractivity contribution in [3.63, 3.8) is 0 Å². The molecule has 0 aliphatic rings. The molecular weight excluding hydrogens is 409 g/mol. The Bertz CT molecular complexity index is 1200. The van der Waals surface area contributed by atoms with E-state index in [1.54, 1.807) is 32.5 Å². The Kier molecular flexibility index (Phi) is 5.67. The summed E-state index contributed by atoms with van der Waals surface area (Å²) >= 11 is 6.49. The molecule has 4 rings (SSSR count). The normalized spacial score (nSPS) is 10.9. The molecule has 154 valence electrons. The van der Waals surface area contributed by atoms with E-state index >= 15 is 0 Å². The van der Waals surface area contributed by atoms with Crippen molar-refractivity contribution in [2.45, 2.75) is 13.1 Å². The third-order valence-corrected chi connectivity index (χ3v) is 5.07. The number of fused-ring (bicyclic) bond motifs is 1. The van der Waals surface area contributed by atoms with Gasteiger partial charge >= 0.3 is 0 Å². The second-order valence-electron chi connectivity index (χ2n) is 6.47. The third kappa shape index (κ3) is 3.86. The number of pyridine rings is 2. The zero-order valence-corrected chi connectivity index (χ0v) is 17.2. The second-order valence-corrected chi connectivity index (χ2v) is 6.83. The van der Waals surface area contributed by atoms with E-state index in [-0.39, 0.29) is 12.2 Å². The lowest BCUT2D eigenvalue weighted by atomic mass is 10.2. The number of anilines is 1. The first-order valence-corrected chi connectivity index (χ1v) is 9.53. The van der Waals surface area contributed by atoms with Crippen LogP contribution in [0, 0.1) is 5.82 Å². The van der Waals surface area contributed by atoms with Gasteiger partial charge in [0.25, 0.3) is 0 Å². The molecule has 0 amide bonds. The van der Waals surface area contributed by atoms with Crippen molar-refractivity contribution < 1.29 is 13.9 Å². The summed E-state index contributed by atoms with van der Waals surface area (Å²) in [6, 6.07) is 10.3. The Morgan fingerprint density at radius 3 is 2.73 bits per heavy atom. The zero-order chi connectivity index (χ0) is 21.1. The van der Waals surface area contributed by atoms with Crippen LogP contribution in [0.5, 0.6) is 11.5 Å². The van der Waals surface area contributed by atoms with Crippen LogP contribution in [-0.4, -0.2) is 34.0 Å². The highest BCUT2D eigenvalue weighted by Gasteiger charge is 2.16. The summed E-state index contributed by atoms with van der Waals surface area (Å²) in [5.74, 6) is 1.56. The van der Waals surface area contributed by atoms with Gasteiger partial charge in [0.05, 0.1) is 26.5 Å². The van der Waals surface area contributed by atoms with Crippen LogP contribution in [0.25, 0.3) is 10.9 Å². The summed E-state index contributed by atoms with van der Waals surface area (Å²) in [6.07, 6.45) is 3.18. The molecule has 0 saturated carbocycles. The molecule has 3 aromatic heterocycles. The van der Waals surface area contributed by atoms with Crippen LogP contribution < -0.4 is 14.8 Å². The van der Waals surface area contributed by atoms with Gasteiger partial charge in [0.2, 0.25) is 0 Å². The Morgan fingerprint density at radius 2 is 1.97 bits per heavy atom. The number of benzene rings is 1. The highest BCUT2D eigenvalue weighted by atomic mass is 35.5. The summed E-state index contributed by atoms with van der Waals surface area (Å²) in [4.78, 5) is 8.46. The maximum absolute atomic E-state index is 14.0. The van der Waals surface area contributed by atoms with E-state index < -0.39 is 5.82 Å². The number of hydrogen-bond donors (Lipinski definition) is 1. The average Bonchev–Trinajstić information content (AvgIpc) is 3.09. The third-order valence-electron chi connectivity index (χ3n) is 4.67. The molecule has 0 radical (unpaired) electrons. The van der Waals surface area contributed by atoms with Crippen LogP contribution in [0.15, 0.2) is 48.8 Å². The van der Waals surface area contributed by atoms with Crippen molar-refractivity contribution in [3.05, 3.63) is 71.0 Å². The maximum Gasteiger partial charge on any atom is 0.154 e. The number of ether oxygens (including phenoxy) is 2. The molecule has 1 aromatic carbocycles. The molecule has 30 heavy (non-hydrogen) atoms. The smallest absolute Gasteiger partial charge is 0.154 e. The number of hydrogen-bond acceptors (Lipinski definition) is 6. The molecule has 0 atom stereocenters. The van der Waals surface area contributed by atoms with Crippen molar-refractivity contribution >= 4 is 28.3 Å². The van der Waals surface area contributed by atoms with Gasteiger partial charge in [0.15, 0.2) is 5.82 Å². The standard InChI is InChI=1S/C21H19ClFN5O2/c1-29-14-6-5-13(18(10-14)30-2)11-26-21-19-15(7-9-25-21)20(22)28(27-19)12-17-16(23)4-3-8-24-17/h3-10H,11-12H2,1-2H3,(H,25,26). The van der Waals surface area contributed by atoms with Crippen LogP contribution in [0.1, 0.15) is 11.3 Å². The minimum absolute atomic E-state index is 0.117. The number of nitrogens with zero attached hydrogens (tertiary/aromatic N) is 4. The highest BCUT2D eigenvalue weighted by Crippen LogP contribution is 2.29. The lowest BCUT2D eigenvalue weighted by Crippen LogP contribution is -2.06. The first kappa shape index (κ1) is 19.9. The van der Waals surface area contributed by atoms with Crippen molar-refractivity contribution in [3.8, 4) is 11.5 Å². The SMILES string of the molecule is COc1ccc(CNc2nccc3c(Cl)n(Cc4ncccc4F)nc23)c(OC)c1. The number of halogens is 2. The largest absolute Gasteiger partial charge is 0.497 e. The molecule has 0 bridgehead atoms. The number of methoxy groups -OCH3 is 2. The van der Waals surface area contributed by atoms with Crippen molar-refractivity contribution in [2.24, 2.45) is 0 Å². The minimum atomic E-state index is -0.406. The summed E-state index contributed by atoms with van der Waals surface area (Å²) in [7, 11) is 3.21. The fourth-order valence-electron chi connectivity index (χ4n) is 3.11. The fraction of sp³-hybridized carbons (Fsp3) is 0.190. The molecule has 3 heterocycles. The van der Waals surface area contributed by atoms with Gasteiger partial charge in [0, 0.05) is 36.0 Å². The van der Waals surface area contributed by atoms with E-state index in [1.807, 2.05) is 18.2 Å². The van der Waals surface area contributed by atoms with Gasteiger partial charge in [-0.3, -0.25) is 4.98 Å². The molecule has 1 N–H and O–H groups in total. The van der Waals surface area contributed by atoms with Crippen LogP contribution in [-0.2, 0) is 13.1 Å². The Morgan fingerprint density at radius 1 is 1.10 bits per heavy atom. The molecule has 0 unspecified atom stereocenters. The summed E-state index contributed by atoms with van der Waals surface area (Å²) in [6.45, 7) is 0.574. The molecule has 4 aromatic rings. The van der Waals surface area contributed by atoms with Crippen molar-refractivity contribution in [1.29, 1.82) is 0 Å². The van der Waals surface area contributed by atoms with E-state index in [1.165, 1.54) is 16.9 Å². The quantitative estimate of drug-likeness (QED) is 0.474. The summed E-state index contributed by atoms with van der Waals surface area (Å²) in [5, 5.41) is 8.91. The van der Waals surface area contributed by atoms with E-state index in [0.29, 0.717) is 39.9 Å². The summed E-state index contributed by atoms with van der Waals surface area (Å²) in [5.41, 5.74) is 1.78. The van der Waals surface area contributed by atoms with Crippen molar-refractivity contribution in [1.82, 2.24) is 19.7 Å². The first-order chi connectivity index (χ1) is 14.6. The molecule has 0 aliphatic carbocycles. The van der Waals surface area contributed by atoms with Gasteiger partial charge in [-0.15, -0.1) is 0 Å². The van der Waals surface area contributed by atoms with Gasteiger partial charge < -0.3 is 14.8 Å². The van der Waals surface area contributed by atoms with Crippen LogP contribution >= 0.6 is 11.6 Å². The molecule has 9 heteroatoms. The van der Waals surface area contributed by atoms with Gasteiger partial charge in [-0.25, -0.2) is 14.1 Å². The van der Waals surface area contributed by atoms with E-state index in [0.717, 1.165) is 5.56 Å². The summed E-state index contributed by atoms with van der Waals surface area (Å²) < 4.78 is 26.2. The zero-order valence-electron chi connectivity index (χ0n) is 16.4. The van der Waals surface area contributed by atoms with Crippen LogP contribution in [0.4, 0.5) is 10.2 Å². The topological polar surface area (TPSA) is 74.1 Å². The number of aromatic nitrogens is 4. The molecule has 0 fully saturated rings. The lowest BCUT2D eigenvalue weighted by Gasteiger charge is -2.11. The minimum Gasteiger partial charge on any atom is -0.497 e. The molecule has 0 saturated heterocycles. The van der Waals surface area contributed by atoms with Crippen molar-refractivity contribution in [2.75, 3.05) is 19.5 Å². The predicted molar refractivity (Wildman–Crippen MR) is 113 cm³/mol.